The van der Waals surface area contributed by atoms with E-state index >= 15 is 0 Å². The Balaban J connectivity index is 0.00000250. The lowest BCUT2D eigenvalue weighted by Gasteiger charge is -2.42. The van der Waals surface area contributed by atoms with Crippen LogP contribution in [0.5, 0.6) is 0 Å². The number of benzene rings is 4. The molecule has 1 fully saturated rings. The molecule has 0 aliphatic carbocycles. The van der Waals surface area contributed by atoms with Crippen LogP contribution in [0.4, 0.5) is 5.69 Å². The number of carbonyl (C=O) groups excluding carboxylic acids is 2. The summed E-state index contributed by atoms with van der Waals surface area (Å²) >= 11 is 13.1. The second-order valence-corrected chi connectivity index (χ2v) is 13.1. The first kappa shape index (κ1) is 36.8. The smallest absolute Gasteiger partial charge is 0.240 e. The van der Waals surface area contributed by atoms with Crippen molar-refractivity contribution in [1.82, 2.24) is 9.80 Å². The normalized spacial score (nSPS) is 22.9. The number of nitrogens with one attached hydrogen (secondary N) is 1. The lowest BCUT2D eigenvalue weighted by molar-refractivity contribution is -0.136. The summed E-state index contributed by atoms with van der Waals surface area (Å²) in [5, 5.41) is 16.5. The van der Waals surface area contributed by atoms with Gasteiger partial charge in [0.2, 0.25) is 11.8 Å². The van der Waals surface area contributed by atoms with Gasteiger partial charge in [0.05, 0.1) is 18.2 Å². The molecular formula is C37H41Cl2N3O3S2. The molecule has 0 bridgehead atoms. The second-order valence-electron chi connectivity index (χ2n) is 12.2. The Kier molecular flexibility index (Phi) is 11.8. The van der Waals surface area contributed by atoms with Crippen molar-refractivity contribution in [2.24, 2.45) is 0 Å². The van der Waals surface area contributed by atoms with Crippen molar-refractivity contribution in [1.29, 1.82) is 0 Å². The molecule has 6 nitrogen and oxygen atoms in total. The standard InChI is InChI=1S/C37H37Cl2N3O3.2H2S/c1-4-12-30-37(28-20-19-27(39)22-29(28)40-36(37)45)31(25-17-11-18-26(38)21-25)33(35(44)41(2)3)42(30)32(23-13-7-5-8-14-23)34(43)24-15-9-6-10-16-24;;/h5-11,13-22,30-34,43H,4,12H2,1-3H3,(H,40,45);2*1H2/t30-,31+,32-,33-,34+,37+;;/m1../s1. The van der Waals surface area contributed by atoms with E-state index in [1.54, 1.807) is 37.2 Å². The average molecular weight is 711 g/mol. The van der Waals surface area contributed by atoms with E-state index in [9.17, 15) is 14.7 Å². The van der Waals surface area contributed by atoms with Gasteiger partial charge in [0, 0.05) is 41.8 Å². The number of amides is 2. The molecule has 2 N–H and O–H groups in total. The third kappa shape index (κ3) is 6.32. The Hall–Kier alpha value is -2.98. The van der Waals surface area contributed by atoms with Gasteiger partial charge in [-0.2, -0.15) is 27.0 Å². The molecule has 248 valence electrons. The van der Waals surface area contributed by atoms with Crippen LogP contribution in [0.25, 0.3) is 0 Å². The van der Waals surface area contributed by atoms with E-state index < -0.39 is 35.6 Å². The van der Waals surface area contributed by atoms with Crippen LogP contribution in [0.2, 0.25) is 10.0 Å². The van der Waals surface area contributed by atoms with Crippen molar-refractivity contribution >= 4 is 67.7 Å². The zero-order valence-corrected chi connectivity index (χ0v) is 30.0. The maximum Gasteiger partial charge on any atom is 0.240 e. The number of anilines is 1. The molecule has 6 atom stereocenters. The first-order chi connectivity index (χ1) is 21.7. The second kappa shape index (κ2) is 15.1. The minimum atomic E-state index is -1.19. The summed E-state index contributed by atoms with van der Waals surface area (Å²) in [6.07, 6.45) is 0.330. The Morgan fingerprint density at radius 3 is 2.11 bits per heavy atom. The molecule has 0 radical (unpaired) electrons. The lowest BCUT2D eigenvalue weighted by Crippen LogP contribution is -2.51. The van der Waals surface area contributed by atoms with Crippen LogP contribution < -0.4 is 5.32 Å². The van der Waals surface area contributed by atoms with Gasteiger partial charge in [-0.3, -0.25) is 14.5 Å². The van der Waals surface area contributed by atoms with Crippen LogP contribution in [0, 0.1) is 0 Å². The average Bonchev–Trinajstić information content (AvgIpc) is 3.49. The van der Waals surface area contributed by atoms with Gasteiger partial charge in [-0.25, -0.2) is 0 Å². The molecule has 2 aliphatic rings. The fourth-order valence-corrected chi connectivity index (χ4v) is 8.09. The van der Waals surface area contributed by atoms with Crippen LogP contribution in [-0.2, 0) is 15.0 Å². The fourth-order valence-electron chi connectivity index (χ4n) is 7.72. The molecule has 0 aromatic heterocycles. The number of likely N-dealkylation sites (N-methyl/N-ethyl adjacent to an activating group) is 1. The number of rotatable bonds is 8. The van der Waals surface area contributed by atoms with Crippen molar-refractivity contribution in [3.63, 3.8) is 0 Å². The van der Waals surface area contributed by atoms with Crippen LogP contribution in [0.1, 0.15) is 60.1 Å². The molecular weight excluding hydrogens is 669 g/mol. The van der Waals surface area contributed by atoms with E-state index in [-0.39, 0.29) is 38.8 Å². The molecule has 2 heterocycles. The van der Waals surface area contributed by atoms with E-state index in [2.05, 4.69) is 17.1 Å². The SMILES string of the molecule is CCC[C@H]1N([C@H](c2ccccc2)[C@@H](O)c2ccccc2)[C@@H](C(=O)N(C)C)[C@H](c2cccc(Cl)c2)[C@@]12C(=O)Nc1cc(Cl)ccc12.S.S. The van der Waals surface area contributed by atoms with Gasteiger partial charge in [-0.15, -0.1) is 0 Å². The first-order valence-electron chi connectivity index (χ1n) is 15.3. The molecule has 1 spiro atoms. The van der Waals surface area contributed by atoms with Crippen LogP contribution in [-0.4, -0.2) is 52.9 Å². The monoisotopic (exact) mass is 709 g/mol. The van der Waals surface area contributed by atoms with Gasteiger partial charge in [-0.1, -0.05) is 115 Å². The Labute approximate surface area is 301 Å². The Morgan fingerprint density at radius 2 is 1.51 bits per heavy atom. The quantitative estimate of drug-likeness (QED) is 0.198. The van der Waals surface area contributed by atoms with Crippen molar-refractivity contribution in [2.75, 3.05) is 19.4 Å². The number of hydrogen-bond acceptors (Lipinski definition) is 4. The molecule has 0 saturated carbocycles. The van der Waals surface area contributed by atoms with Gasteiger partial charge in [-0.05, 0) is 52.9 Å². The van der Waals surface area contributed by atoms with Crippen molar-refractivity contribution in [3.05, 3.63) is 135 Å². The molecule has 2 amide bonds. The topological polar surface area (TPSA) is 72.9 Å². The molecule has 10 heteroatoms. The molecule has 1 saturated heterocycles. The highest BCUT2D eigenvalue weighted by Gasteiger charge is 2.69. The highest BCUT2D eigenvalue weighted by Crippen LogP contribution is 2.62. The molecule has 2 aliphatic heterocycles. The predicted octanol–water partition coefficient (Wildman–Crippen LogP) is 7.61. The molecule has 47 heavy (non-hydrogen) atoms. The van der Waals surface area contributed by atoms with E-state index in [0.29, 0.717) is 22.2 Å². The summed E-state index contributed by atoms with van der Waals surface area (Å²) in [7, 11) is 3.48. The minimum absolute atomic E-state index is 0. The summed E-state index contributed by atoms with van der Waals surface area (Å²) in [6, 6.07) is 30.3. The first-order valence-corrected chi connectivity index (χ1v) is 16.1. The van der Waals surface area contributed by atoms with Crippen LogP contribution >= 0.6 is 50.2 Å². The molecule has 4 aromatic carbocycles. The minimum Gasteiger partial charge on any atom is -0.386 e. The number of nitrogens with zero attached hydrogens (tertiary/aromatic N) is 2. The number of hydrogen-bond donors (Lipinski definition) is 2. The molecule has 6 rings (SSSR count). The van der Waals surface area contributed by atoms with Gasteiger partial charge in [0.25, 0.3) is 0 Å². The Morgan fingerprint density at radius 1 is 0.894 bits per heavy atom. The van der Waals surface area contributed by atoms with E-state index in [4.69, 9.17) is 23.2 Å². The van der Waals surface area contributed by atoms with Crippen LogP contribution in [0.15, 0.2) is 103 Å². The fraction of sp³-hybridized carbons (Fsp3) is 0.297. The van der Waals surface area contributed by atoms with Crippen molar-refractivity contribution in [3.8, 4) is 0 Å². The zero-order valence-electron chi connectivity index (χ0n) is 26.5. The highest BCUT2D eigenvalue weighted by atomic mass is 35.5. The third-order valence-electron chi connectivity index (χ3n) is 9.43. The number of aliphatic hydroxyl groups excluding tert-OH is 1. The van der Waals surface area contributed by atoms with Crippen LogP contribution in [0.3, 0.4) is 0 Å². The van der Waals surface area contributed by atoms with Gasteiger partial charge < -0.3 is 15.3 Å². The highest BCUT2D eigenvalue weighted by molar-refractivity contribution is 7.59. The number of carbonyl (C=O) groups is 2. The van der Waals surface area contributed by atoms with Crippen molar-refractivity contribution < 1.29 is 14.7 Å². The summed E-state index contributed by atoms with van der Waals surface area (Å²) in [6.45, 7) is 2.09. The summed E-state index contributed by atoms with van der Waals surface area (Å²) in [5.41, 5.74) is 2.59. The van der Waals surface area contributed by atoms with E-state index in [1.165, 1.54) is 0 Å². The number of fused-ring (bicyclic) bond motifs is 2. The van der Waals surface area contributed by atoms with E-state index in [1.807, 2.05) is 84.9 Å². The molecule has 0 unspecified atom stereocenters. The zero-order chi connectivity index (χ0) is 31.9. The third-order valence-corrected chi connectivity index (χ3v) is 9.90. The van der Waals surface area contributed by atoms with Gasteiger partial charge >= 0.3 is 0 Å². The maximum atomic E-state index is 14.8. The van der Waals surface area contributed by atoms with Gasteiger partial charge in [0.15, 0.2) is 0 Å². The number of aliphatic hydroxyl groups is 1. The number of likely N-dealkylation sites (tertiary alicyclic amines) is 1. The molecule has 4 aromatic rings. The lowest BCUT2D eigenvalue weighted by atomic mass is 9.64. The predicted molar refractivity (Wildman–Crippen MR) is 200 cm³/mol. The Bertz CT molecular complexity index is 1710. The maximum absolute atomic E-state index is 14.8. The largest absolute Gasteiger partial charge is 0.386 e. The van der Waals surface area contributed by atoms with Crippen molar-refractivity contribution in [2.45, 2.75) is 55.3 Å². The summed E-state index contributed by atoms with van der Waals surface area (Å²) in [5.74, 6) is -0.989. The summed E-state index contributed by atoms with van der Waals surface area (Å²) in [4.78, 5) is 33.2. The van der Waals surface area contributed by atoms with E-state index in [0.717, 1.165) is 28.7 Å². The number of halogens is 2. The summed E-state index contributed by atoms with van der Waals surface area (Å²) < 4.78 is 0. The van der Waals surface area contributed by atoms with Gasteiger partial charge in [0.1, 0.15) is 5.41 Å².